The first kappa shape index (κ1) is 13.5. The van der Waals surface area contributed by atoms with Gasteiger partial charge in [-0.1, -0.05) is 6.08 Å². The van der Waals surface area contributed by atoms with Crippen LogP contribution in [0.5, 0.6) is 0 Å². The zero-order valence-corrected chi connectivity index (χ0v) is 11.6. The standard InChI is InChI=1S/C14H23N3O/c1-12(9-15)8-14(2,3)17-6-4-16(5-7-17)13-10-18-11-13/h8,13H,4-7,10-11H2,1-3H3/b12-8-. The second-order valence-electron chi connectivity index (χ2n) is 5.81. The van der Waals surface area contributed by atoms with Crippen LogP contribution in [0.4, 0.5) is 0 Å². The minimum atomic E-state index is -0.0258. The molecule has 2 saturated heterocycles. The number of piperazine rings is 1. The van der Waals surface area contributed by atoms with E-state index in [0.29, 0.717) is 6.04 Å². The molecule has 0 radical (unpaired) electrons. The Morgan fingerprint density at radius 1 is 1.28 bits per heavy atom. The van der Waals surface area contributed by atoms with E-state index in [1.54, 1.807) is 0 Å². The fourth-order valence-corrected chi connectivity index (χ4v) is 2.75. The summed E-state index contributed by atoms with van der Waals surface area (Å²) in [4.78, 5) is 4.99. The van der Waals surface area contributed by atoms with Crippen molar-refractivity contribution in [2.75, 3.05) is 39.4 Å². The van der Waals surface area contributed by atoms with Gasteiger partial charge in [-0.25, -0.2) is 0 Å². The van der Waals surface area contributed by atoms with Gasteiger partial charge < -0.3 is 4.74 Å². The second kappa shape index (κ2) is 5.40. The van der Waals surface area contributed by atoms with E-state index in [0.717, 1.165) is 45.0 Å². The number of hydrogen-bond donors (Lipinski definition) is 0. The third-order valence-corrected chi connectivity index (χ3v) is 4.01. The average molecular weight is 249 g/mol. The van der Waals surface area contributed by atoms with Gasteiger partial charge in [0.25, 0.3) is 0 Å². The van der Waals surface area contributed by atoms with Crippen LogP contribution in [-0.4, -0.2) is 60.8 Å². The fourth-order valence-electron chi connectivity index (χ4n) is 2.75. The molecule has 0 aromatic heterocycles. The average Bonchev–Trinajstić information content (AvgIpc) is 2.27. The second-order valence-corrected chi connectivity index (χ2v) is 5.81. The molecule has 2 aliphatic heterocycles. The third kappa shape index (κ3) is 2.92. The van der Waals surface area contributed by atoms with Gasteiger partial charge in [-0.15, -0.1) is 0 Å². The van der Waals surface area contributed by atoms with Gasteiger partial charge in [0.1, 0.15) is 0 Å². The molecule has 0 aliphatic carbocycles. The maximum atomic E-state index is 8.89. The van der Waals surface area contributed by atoms with Crippen LogP contribution in [0, 0.1) is 11.3 Å². The molecule has 0 saturated carbocycles. The molecule has 0 amide bonds. The molecule has 2 aliphatic rings. The van der Waals surface area contributed by atoms with Crippen molar-refractivity contribution in [2.45, 2.75) is 32.4 Å². The molecule has 2 rings (SSSR count). The first-order chi connectivity index (χ1) is 8.53. The van der Waals surface area contributed by atoms with Crippen LogP contribution in [0.15, 0.2) is 11.6 Å². The summed E-state index contributed by atoms with van der Waals surface area (Å²) in [6.45, 7) is 12.4. The van der Waals surface area contributed by atoms with Gasteiger partial charge in [-0.05, 0) is 20.8 Å². The highest BCUT2D eigenvalue weighted by Crippen LogP contribution is 2.22. The van der Waals surface area contributed by atoms with Gasteiger partial charge in [0, 0.05) is 37.3 Å². The molecule has 0 atom stereocenters. The molecule has 0 N–H and O–H groups in total. The van der Waals surface area contributed by atoms with E-state index >= 15 is 0 Å². The van der Waals surface area contributed by atoms with Crippen molar-refractivity contribution in [1.29, 1.82) is 5.26 Å². The van der Waals surface area contributed by atoms with Crippen LogP contribution in [0.3, 0.4) is 0 Å². The van der Waals surface area contributed by atoms with Crippen molar-refractivity contribution in [1.82, 2.24) is 9.80 Å². The fraction of sp³-hybridized carbons (Fsp3) is 0.786. The van der Waals surface area contributed by atoms with Crippen LogP contribution in [0.2, 0.25) is 0 Å². The maximum Gasteiger partial charge on any atom is 0.0941 e. The quantitative estimate of drug-likeness (QED) is 0.706. The van der Waals surface area contributed by atoms with E-state index in [9.17, 15) is 0 Å². The molecule has 2 heterocycles. The van der Waals surface area contributed by atoms with E-state index in [4.69, 9.17) is 10.00 Å². The molecule has 2 fully saturated rings. The Hall–Kier alpha value is -0.890. The summed E-state index contributed by atoms with van der Waals surface area (Å²) in [6, 6.07) is 2.86. The van der Waals surface area contributed by atoms with E-state index in [2.05, 4.69) is 35.8 Å². The number of hydrogen-bond acceptors (Lipinski definition) is 4. The van der Waals surface area contributed by atoms with E-state index < -0.39 is 0 Å². The highest BCUT2D eigenvalue weighted by atomic mass is 16.5. The lowest BCUT2D eigenvalue weighted by Gasteiger charge is -2.46. The molecular weight excluding hydrogens is 226 g/mol. The van der Waals surface area contributed by atoms with Crippen molar-refractivity contribution in [2.24, 2.45) is 0 Å². The monoisotopic (exact) mass is 249 g/mol. The lowest BCUT2D eigenvalue weighted by Crippen LogP contribution is -2.59. The molecule has 0 aromatic carbocycles. The van der Waals surface area contributed by atoms with Gasteiger partial charge in [0.2, 0.25) is 0 Å². The lowest BCUT2D eigenvalue weighted by atomic mass is 9.98. The Labute approximate surface area is 110 Å². The zero-order chi connectivity index (χ0) is 13.2. The first-order valence-electron chi connectivity index (χ1n) is 6.69. The van der Waals surface area contributed by atoms with E-state index in [-0.39, 0.29) is 5.54 Å². The number of allylic oxidation sites excluding steroid dienone is 1. The molecule has 100 valence electrons. The molecule has 0 bridgehead atoms. The summed E-state index contributed by atoms with van der Waals surface area (Å²) in [5.74, 6) is 0. The van der Waals surface area contributed by atoms with E-state index in [1.165, 1.54) is 0 Å². The van der Waals surface area contributed by atoms with Gasteiger partial charge in [0.05, 0.1) is 25.3 Å². The maximum absolute atomic E-state index is 8.89. The topological polar surface area (TPSA) is 39.5 Å². The summed E-state index contributed by atoms with van der Waals surface area (Å²) in [5.41, 5.74) is 0.775. The minimum Gasteiger partial charge on any atom is -0.378 e. The van der Waals surface area contributed by atoms with Crippen LogP contribution in [0.25, 0.3) is 0 Å². The van der Waals surface area contributed by atoms with Crippen molar-refractivity contribution < 1.29 is 4.74 Å². The molecule has 0 spiro atoms. The Morgan fingerprint density at radius 3 is 2.33 bits per heavy atom. The Kier molecular flexibility index (Phi) is 4.06. The van der Waals surface area contributed by atoms with Crippen LogP contribution >= 0.6 is 0 Å². The summed E-state index contributed by atoms with van der Waals surface area (Å²) in [6.07, 6.45) is 2.08. The Bertz CT molecular complexity index is 358. The number of ether oxygens (including phenoxy) is 1. The Morgan fingerprint density at radius 2 is 1.89 bits per heavy atom. The number of rotatable bonds is 3. The zero-order valence-electron chi connectivity index (χ0n) is 11.6. The molecule has 0 aromatic rings. The van der Waals surface area contributed by atoms with Gasteiger partial charge in [0.15, 0.2) is 0 Å². The molecular formula is C14H23N3O. The molecule has 18 heavy (non-hydrogen) atoms. The smallest absolute Gasteiger partial charge is 0.0941 e. The predicted molar refractivity (Wildman–Crippen MR) is 71.2 cm³/mol. The summed E-state index contributed by atoms with van der Waals surface area (Å²) < 4.78 is 5.25. The van der Waals surface area contributed by atoms with Crippen LogP contribution in [0.1, 0.15) is 20.8 Å². The molecule has 4 nitrogen and oxygen atoms in total. The minimum absolute atomic E-state index is 0.0258. The largest absolute Gasteiger partial charge is 0.378 e. The van der Waals surface area contributed by atoms with Crippen molar-refractivity contribution >= 4 is 0 Å². The van der Waals surface area contributed by atoms with Crippen LogP contribution < -0.4 is 0 Å². The summed E-state index contributed by atoms with van der Waals surface area (Å²) in [5, 5.41) is 8.89. The SMILES string of the molecule is C/C(C#N)=C/C(C)(C)N1CCN(C2COC2)CC1. The first-order valence-corrected chi connectivity index (χ1v) is 6.69. The highest BCUT2D eigenvalue weighted by molar-refractivity contribution is 5.22. The Balaban J connectivity index is 1.90. The molecule has 4 heteroatoms. The van der Waals surface area contributed by atoms with Crippen LogP contribution in [-0.2, 0) is 4.74 Å². The van der Waals surface area contributed by atoms with E-state index in [1.807, 2.05) is 6.92 Å². The van der Waals surface area contributed by atoms with Crippen molar-refractivity contribution in [3.05, 3.63) is 11.6 Å². The normalized spacial score (nSPS) is 24.7. The lowest BCUT2D eigenvalue weighted by molar-refractivity contribution is -0.0816. The van der Waals surface area contributed by atoms with Gasteiger partial charge in [-0.2, -0.15) is 5.26 Å². The highest BCUT2D eigenvalue weighted by Gasteiger charge is 2.33. The summed E-state index contributed by atoms with van der Waals surface area (Å²) in [7, 11) is 0. The van der Waals surface area contributed by atoms with Gasteiger partial charge >= 0.3 is 0 Å². The van der Waals surface area contributed by atoms with Gasteiger partial charge in [-0.3, -0.25) is 9.80 Å². The predicted octanol–water partition coefficient (Wildman–Crippen LogP) is 1.25. The van der Waals surface area contributed by atoms with Crippen molar-refractivity contribution in [3.63, 3.8) is 0 Å². The third-order valence-electron chi connectivity index (χ3n) is 4.01. The summed E-state index contributed by atoms with van der Waals surface area (Å²) >= 11 is 0. The molecule has 0 unspecified atom stereocenters. The van der Waals surface area contributed by atoms with Crippen molar-refractivity contribution in [3.8, 4) is 6.07 Å². The number of nitrogens with zero attached hydrogens (tertiary/aromatic N) is 3. The number of nitriles is 1.